The minimum Gasteiger partial charge on any atom is -0.398 e. The summed E-state index contributed by atoms with van der Waals surface area (Å²) >= 11 is 1.38. The zero-order valence-corrected chi connectivity index (χ0v) is 12.4. The molecule has 0 atom stereocenters. The van der Waals surface area contributed by atoms with E-state index in [4.69, 9.17) is 4.42 Å². The van der Waals surface area contributed by atoms with E-state index in [1.54, 1.807) is 0 Å². The van der Waals surface area contributed by atoms with Gasteiger partial charge in [0.15, 0.2) is 10.8 Å². The second-order valence-electron chi connectivity index (χ2n) is 5.32. The Bertz CT molecular complexity index is 600. The molecule has 108 valence electrons. The number of aromatic nitrogens is 2. The molecule has 2 aromatic heterocycles. The lowest BCUT2D eigenvalue weighted by atomic mass is 10.1. The number of nitrogens with zero attached hydrogens (tertiary/aromatic N) is 3. The predicted octanol–water partition coefficient (Wildman–Crippen LogP) is 2.64. The minimum atomic E-state index is -0.571. The van der Waals surface area contributed by atoms with Gasteiger partial charge in [0.25, 0.3) is 0 Å². The van der Waals surface area contributed by atoms with Crippen molar-refractivity contribution in [2.45, 2.75) is 32.7 Å². The van der Waals surface area contributed by atoms with Gasteiger partial charge in [0.05, 0.1) is 6.07 Å². The summed E-state index contributed by atoms with van der Waals surface area (Å²) in [4.78, 5) is 9.99. The first-order valence-corrected chi connectivity index (χ1v) is 6.99. The molecule has 8 heteroatoms. The lowest BCUT2D eigenvalue weighted by molar-refractivity contribution is -0.401. The third kappa shape index (κ3) is 3.84. The van der Waals surface area contributed by atoms with Gasteiger partial charge in [-0.2, -0.15) is 0 Å². The van der Waals surface area contributed by atoms with Crippen LogP contribution in [0.1, 0.15) is 25.8 Å². The zero-order chi connectivity index (χ0) is 14.8. The van der Waals surface area contributed by atoms with Gasteiger partial charge in [0, 0.05) is 18.5 Å². The molecule has 0 aliphatic carbocycles. The van der Waals surface area contributed by atoms with Gasteiger partial charge in [-0.3, -0.25) is 10.1 Å². The number of hydrogen-bond acceptors (Lipinski definition) is 7. The summed E-state index contributed by atoms with van der Waals surface area (Å²) in [7, 11) is 0. The first-order chi connectivity index (χ1) is 9.35. The molecule has 20 heavy (non-hydrogen) atoms. The highest BCUT2D eigenvalue weighted by Crippen LogP contribution is 2.28. The smallest absolute Gasteiger partial charge is 0.398 e. The van der Waals surface area contributed by atoms with Crippen LogP contribution in [-0.4, -0.2) is 27.2 Å². The molecule has 2 rings (SSSR count). The summed E-state index contributed by atoms with van der Waals surface area (Å²) in [6.45, 7) is 7.10. The van der Waals surface area contributed by atoms with Crippen LogP contribution >= 0.6 is 11.3 Å². The van der Waals surface area contributed by atoms with Crippen LogP contribution < -0.4 is 5.32 Å². The molecular formula is C12H16N4O3S. The molecule has 0 radical (unpaired) electrons. The predicted molar refractivity (Wildman–Crippen MR) is 75.7 cm³/mol. The fourth-order valence-corrected chi connectivity index (χ4v) is 2.34. The van der Waals surface area contributed by atoms with Gasteiger partial charge in [0.2, 0.25) is 0 Å². The van der Waals surface area contributed by atoms with Crippen molar-refractivity contribution in [3.63, 3.8) is 0 Å². The zero-order valence-electron chi connectivity index (χ0n) is 11.5. The number of nitrogens with one attached hydrogen (secondary N) is 1. The van der Waals surface area contributed by atoms with Crippen LogP contribution in [0.5, 0.6) is 0 Å². The Labute approximate surface area is 120 Å². The lowest BCUT2D eigenvalue weighted by Gasteiger charge is -2.19. The second kappa shape index (κ2) is 5.68. The van der Waals surface area contributed by atoms with Crippen LogP contribution in [0.4, 0.5) is 5.88 Å². The summed E-state index contributed by atoms with van der Waals surface area (Å²) in [6.07, 6.45) is 0.762. The Morgan fingerprint density at radius 2 is 2.15 bits per heavy atom. The molecule has 0 aromatic carbocycles. The van der Waals surface area contributed by atoms with Crippen LogP contribution in [0.2, 0.25) is 0 Å². The topological polar surface area (TPSA) is 94.1 Å². The summed E-state index contributed by atoms with van der Waals surface area (Å²) in [5.74, 6) is 0.0929. The maximum Gasteiger partial charge on any atom is 0.433 e. The lowest BCUT2D eigenvalue weighted by Crippen LogP contribution is -2.37. The fraction of sp³-hybridized carbons (Fsp3) is 0.500. The van der Waals surface area contributed by atoms with E-state index in [0.717, 1.165) is 18.0 Å². The Hall–Kier alpha value is -1.80. The summed E-state index contributed by atoms with van der Waals surface area (Å²) in [5.41, 5.74) is 0.0646. The number of hydrogen-bond donors (Lipinski definition) is 1. The monoisotopic (exact) mass is 296 g/mol. The van der Waals surface area contributed by atoms with Crippen LogP contribution in [0.3, 0.4) is 0 Å². The van der Waals surface area contributed by atoms with E-state index in [-0.39, 0.29) is 11.4 Å². The standard InChI is InChI=1S/C12H16N4O3S/c1-12(2,3)13-7-6-9-14-15-11(20-9)8-4-5-10(19-8)16(17)18/h4-5,13H,6-7H2,1-3H3. The molecule has 7 nitrogen and oxygen atoms in total. The Balaban J connectivity index is 1.99. The summed E-state index contributed by atoms with van der Waals surface area (Å²) < 4.78 is 5.10. The van der Waals surface area contributed by atoms with Crippen molar-refractivity contribution in [2.75, 3.05) is 6.54 Å². The van der Waals surface area contributed by atoms with Crippen molar-refractivity contribution in [3.8, 4) is 10.8 Å². The molecule has 0 fully saturated rings. The normalized spacial score (nSPS) is 11.8. The highest BCUT2D eigenvalue weighted by Gasteiger charge is 2.16. The average molecular weight is 296 g/mol. The van der Waals surface area contributed by atoms with Gasteiger partial charge in [-0.1, -0.05) is 11.3 Å². The van der Waals surface area contributed by atoms with E-state index < -0.39 is 4.92 Å². The van der Waals surface area contributed by atoms with E-state index in [2.05, 4.69) is 36.3 Å². The van der Waals surface area contributed by atoms with E-state index in [0.29, 0.717) is 10.8 Å². The highest BCUT2D eigenvalue weighted by atomic mass is 32.1. The Kier molecular flexibility index (Phi) is 4.15. The number of furan rings is 1. The molecule has 0 amide bonds. The second-order valence-corrected chi connectivity index (χ2v) is 6.38. The average Bonchev–Trinajstić information content (AvgIpc) is 2.94. The molecule has 2 aromatic rings. The number of rotatable bonds is 5. The molecule has 1 N–H and O–H groups in total. The molecule has 0 unspecified atom stereocenters. The molecule has 0 saturated carbocycles. The first-order valence-electron chi connectivity index (χ1n) is 6.17. The molecule has 0 saturated heterocycles. The van der Waals surface area contributed by atoms with Crippen molar-refractivity contribution in [2.24, 2.45) is 0 Å². The van der Waals surface area contributed by atoms with Crippen molar-refractivity contribution in [1.82, 2.24) is 15.5 Å². The van der Waals surface area contributed by atoms with Crippen molar-refractivity contribution < 1.29 is 9.34 Å². The molecule has 0 aliphatic heterocycles. The number of nitro groups is 1. The largest absolute Gasteiger partial charge is 0.433 e. The van der Waals surface area contributed by atoms with Crippen LogP contribution in [-0.2, 0) is 6.42 Å². The Morgan fingerprint density at radius 1 is 1.40 bits per heavy atom. The van der Waals surface area contributed by atoms with Crippen LogP contribution in [0.25, 0.3) is 10.8 Å². The van der Waals surface area contributed by atoms with Crippen LogP contribution in [0.15, 0.2) is 16.5 Å². The fourth-order valence-electron chi connectivity index (χ4n) is 1.54. The van der Waals surface area contributed by atoms with Gasteiger partial charge in [-0.25, -0.2) is 0 Å². The van der Waals surface area contributed by atoms with E-state index >= 15 is 0 Å². The van der Waals surface area contributed by atoms with E-state index in [1.165, 1.54) is 23.5 Å². The van der Waals surface area contributed by atoms with Crippen molar-refractivity contribution in [3.05, 3.63) is 27.3 Å². The minimum absolute atomic E-state index is 0.0646. The van der Waals surface area contributed by atoms with E-state index in [9.17, 15) is 10.1 Å². The highest BCUT2D eigenvalue weighted by molar-refractivity contribution is 7.14. The summed E-state index contributed by atoms with van der Waals surface area (Å²) in [6, 6.07) is 2.85. The van der Waals surface area contributed by atoms with Crippen molar-refractivity contribution >= 4 is 17.2 Å². The quantitative estimate of drug-likeness (QED) is 0.673. The van der Waals surface area contributed by atoms with Gasteiger partial charge in [0.1, 0.15) is 9.93 Å². The van der Waals surface area contributed by atoms with Gasteiger partial charge in [-0.15, -0.1) is 10.2 Å². The maximum absolute atomic E-state index is 10.6. The van der Waals surface area contributed by atoms with Gasteiger partial charge in [-0.05, 0) is 26.8 Å². The van der Waals surface area contributed by atoms with Crippen molar-refractivity contribution in [1.29, 1.82) is 0 Å². The molecule has 2 heterocycles. The summed E-state index contributed by atoms with van der Waals surface area (Å²) in [5, 5.41) is 23.4. The molecule has 0 aliphatic rings. The van der Waals surface area contributed by atoms with E-state index in [1.807, 2.05) is 0 Å². The third-order valence-electron chi connectivity index (χ3n) is 2.44. The van der Waals surface area contributed by atoms with Gasteiger partial charge >= 0.3 is 5.88 Å². The maximum atomic E-state index is 10.6. The van der Waals surface area contributed by atoms with Gasteiger partial charge < -0.3 is 9.73 Å². The SMILES string of the molecule is CC(C)(C)NCCc1nnc(-c2ccc([N+](=O)[O-])o2)s1. The molecular weight excluding hydrogens is 280 g/mol. The molecule has 0 bridgehead atoms. The first kappa shape index (κ1) is 14.6. The molecule has 0 spiro atoms. The van der Waals surface area contributed by atoms with Crippen LogP contribution in [0, 0.1) is 10.1 Å². The Morgan fingerprint density at radius 3 is 2.75 bits per heavy atom. The third-order valence-corrected chi connectivity index (χ3v) is 3.44.